The van der Waals surface area contributed by atoms with Gasteiger partial charge in [-0.1, -0.05) is 71.8 Å². The molecular weight excluding hydrogens is 426 g/mol. The number of nitrogens with one attached hydrogen (secondary N) is 1. The van der Waals surface area contributed by atoms with Crippen LogP contribution < -0.4 is 5.62 Å². The average Bonchev–Trinajstić information content (AvgIpc) is 3.10. The Labute approximate surface area is 199 Å². The van der Waals surface area contributed by atoms with Crippen molar-refractivity contribution in [3.63, 3.8) is 0 Å². The predicted molar refractivity (Wildman–Crippen MR) is 133 cm³/mol. The van der Waals surface area contributed by atoms with Crippen LogP contribution in [0.15, 0.2) is 72.8 Å². The van der Waals surface area contributed by atoms with Crippen LogP contribution in [0.25, 0.3) is 11.0 Å². The summed E-state index contributed by atoms with van der Waals surface area (Å²) in [5, 5.41) is 18.1. The molecule has 3 aromatic carbocycles. The number of carbonyl (C=O) groups is 1. The number of fused-ring (bicyclic) bond motifs is 1. The van der Waals surface area contributed by atoms with Crippen LogP contribution in [0, 0.1) is 19.3 Å². The SMILES string of the molecule is Cc1ccc(CC(COCCC(=O)O)n2c(=N)n(Cc3ccc(C)cc3)c3ccccc32)cc1. The highest BCUT2D eigenvalue weighted by atomic mass is 16.5. The van der Waals surface area contributed by atoms with E-state index in [1.807, 2.05) is 33.4 Å². The van der Waals surface area contributed by atoms with Gasteiger partial charge in [-0.2, -0.15) is 0 Å². The van der Waals surface area contributed by atoms with Crippen molar-refractivity contribution in [2.24, 2.45) is 0 Å². The number of ether oxygens (including phenoxy) is 1. The van der Waals surface area contributed by atoms with E-state index in [9.17, 15) is 4.79 Å². The summed E-state index contributed by atoms with van der Waals surface area (Å²) in [7, 11) is 0. The molecule has 34 heavy (non-hydrogen) atoms. The maximum absolute atomic E-state index is 10.9. The van der Waals surface area contributed by atoms with Crippen molar-refractivity contribution in [2.75, 3.05) is 13.2 Å². The van der Waals surface area contributed by atoms with Gasteiger partial charge in [0.1, 0.15) is 0 Å². The summed E-state index contributed by atoms with van der Waals surface area (Å²) in [4.78, 5) is 10.9. The Morgan fingerprint density at radius 3 is 2.12 bits per heavy atom. The van der Waals surface area contributed by atoms with Gasteiger partial charge in [0.05, 0.1) is 43.3 Å². The minimum Gasteiger partial charge on any atom is -0.481 e. The Balaban J connectivity index is 1.73. The Hall–Kier alpha value is -3.64. The molecule has 1 unspecified atom stereocenters. The van der Waals surface area contributed by atoms with E-state index >= 15 is 0 Å². The second-order valence-electron chi connectivity index (χ2n) is 8.82. The molecule has 0 saturated heterocycles. The molecule has 0 aliphatic carbocycles. The Morgan fingerprint density at radius 2 is 1.50 bits per heavy atom. The number of hydrogen-bond donors (Lipinski definition) is 2. The molecular formula is C28H31N3O3. The second-order valence-corrected chi connectivity index (χ2v) is 8.82. The fourth-order valence-electron chi connectivity index (χ4n) is 4.26. The summed E-state index contributed by atoms with van der Waals surface area (Å²) < 4.78 is 9.87. The third kappa shape index (κ3) is 5.46. The topological polar surface area (TPSA) is 80.2 Å². The first kappa shape index (κ1) is 23.5. The Bertz CT molecular complexity index is 1320. The molecule has 0 fully saturated rings. The van der Waals surface area contributed by atoms with Crippen LogP contribution in [0.4, 0.5) is 0 Å². The third-order valence-corrected chi connectivity index (χ3v) is 6.10. The molecule has 0 aliphatic heterocycles. The van der Waals surface area contributed by atoms with Gasteiger partial charge in [0.2, 0.25) is 5.62 Å². The lowest BCUT2D eigenvalue weighted by Crippen LogP contribution is -2.31. The number of rotatable bonds is 10. The molecule has 0 saturated carbocycles. The lowest BCUT2D eigenvalue weighted by Gasteiger charge is -2.20. The monoisotopic (exact) mass is 457 g/mol. The first-order valence-electron chi connectivity index (χ1n) is 11.6. The number of nitrogens with zero attached hydrogens (tertiary/aromatic N) is 2. The zero-order valence-electron chi connectivity index (χ0n) is 19.7. The van der Waals surface area contributed by atoms with Crippen molar-refractivity contribution in [1.29, 1.82) is 5.41 Å². The van der Waals surface area contributed by atoms with E-state index in [2.05, 4.69) is 62.4 Å². The van der Waals surface area contributed by atoms with E-state index in [-0.39, 0.29) is 19.1 Å². The van der Waals surface area contributed by atoms with Crippen molar-refractivity contribution in [2.45, 2.75) is 39.3 Å². The van der Waals surface area contributed by atoms with Gasteiger partial charge in [-0.15, -0.1) is 0 Å². The number of aliphatic carboxylic acids is 1. The number of aryl methyl sites for hydroxylation is 2. The number of imidazole rings is 1. The molecule has 1 atom stereocenters. The molecule has 2 N–H and O–H groups in total. The summed E-state index contributed by atoms with van der Waals surface area (Å²) in [6, 6.07) is 24.7. The van der Waals surface area contributed by atoms with Gasteiger partial charge < -0.3 is 19.0 Å². The average molecular weight is 458 g/mol. The predicted octanol–water partition coefficient (Wildman–Crippen LogP) is 4.86. The molecule has 0 bridgehead atoms. The summed E-state index contributed by atoms with van der Waals surface area (Å²) in [5.41, 5.74) is 7.06. The number of para-hydroxylation sites is 2. The van der Waals surface area contributed by atoms with Crippen LogP contribution in [0.5, 0.6) is 0 Å². The van der Waals surface area contributed by atoms with Gasteiger partial charge in [-0.05, 0) is 43.5 Å². The van der Waals surface area contributed by atoms with Crippen molar-refractivity contribution in [3.05, 3.63) is 101 Å². The van der Waals surface area contributed by atoms with E-state index in [4.69, 9.17) is 15.3 Å². The van der Waals surface area contributed by atoms with E-state index < -0.39 is 5.97 Å². The van der Waals surface area contributed by atoms with Crippen molar-refractivity contribution >= 4 is 17.0 Å². The molecule has 0 aliphatic rings. The van der Waals surface area contributed by atoms with Crippen molar-refractivity contribution in [1.82, 2.24) is 9.13 Å². The Morgan fingerprint density at radius 1 is 0.912 bits per heavy atom. The van der Waals surface area contributed by atoms with Gasteiger partial charge in [-0.3, -0.25) is 10.2 Å². The van der Waals surface area contributed by atoms with Gasteiger partial charge in [-0.25, -0.2) is 0 Å². The van der Waals surface area contributed by atoms with E-state index in [0.717, 1.165) is 22.2 Å². The quantitative estimate of drug-likeness (QED) is 0.334. The minimum absolute atomic E-state index is 0.0369. The van der Waals surface area contributed by atoms with Gasteiger partial charge in [0.25, 0.3) is 0 Å². The van der Waals surface area contributed by atoms with Crippen LogP contribution in [0.1, 0.15) is 34.7 Å². The maximum atomic E-state index is 10.9. The summed E-state index contributed by atoms with van der Waals surface area (Å²) in [6.45, 7) is 5.21. The number of carboxylic acids is 1. The molecule has 176 valence electrons. The highest BCUT2D eigenvalue weighted by Gasteiger charge is 2.20. The number of aromatic nitrogens is 2. The molecule has 0 radical (unpaired) electrons. The molecule has 6 nitrogen and oxygen atoms in total. The molecule has 0 spiro atoms. The molecule has 6 heteroatoms. The fraction of sp³-hybridized carbons (Fsp3) is 0.286. The summed E-state index contributed by atoms with van der Waals surface area (Å²) in [6.07, 6.45) is 0.646. The minimum atomic E-state index is -0.876. The van der Waals surface area contributed by atoms with Crippen LogP contribution in [-0.2, 0) is 22.5 Å². The third-order valence-electron chi connectivity index (χ3n) is 6.10. The van der Waals surface area contributed by atoms with Gasteiger partial charge in [0.15, 0.2) is 0 Å². The fourth-order valence-corrected chi connectivity index (χ4v) is 4.26. The van der Waals surface area contributed by atoms with Crippen LogP contribution in [-0.4, -0.2) is 33.4 Å². The van der Waals surface area contributed by atoms with Crippen LogP contribution in [0.2, 0.25) is 0 Å². The standard InChI is InChI=1S/C28H31N3O3/c1-20-7-11-22(12-8-20)17-24(19-34-16-15-27(32)33)31-26-6-4-3-5-25(26)30(28(31)29)18-23-13-9-21(2)10-14-23/h3-14,24,29H,15-19H2,1-2H3,(H,32,33). The zero-order chi connectivity index (χ0) is 24.1. The highest BCUT2D eigenvalue weighted by molar-refractivity contribution is 5.76. The van der Waals surface area contributed by atoms with Gasteiger partial charge >= 0.3 is 5.97 Å². The molecule has 1 aromatic heterocycles. The maximum Gasteiger partial charge on any atom is 0.305 e. The van der Waals surface area contributed by atoms with Crippen LogP contribution >= 0.6 is 0 Å². The van der Waals surface area contributed by atoms with E-state index in [1.165, 1.54) is 11.1 Å². The molecule has 4 rings (SSSR count). The lowest BCUT2D eigenvalue weighted by molar-refractivity contribution is -0.138. The first-order valence-corrected chi connectivity index (χ1v) is 11.6. The molecule has 4 aromatic rings. The number of carboxylic acid groups (broad SMARTS) is 1. The largest absolute Gasteiger partial charge is 0.481 e. The van der Waals surface area contributed by atoms with Crippen molar-refractivity contribution in [3.8, 4) is 0 Å². The number of hydrogen-bond acceptors (Lipinski definition) is 3. The van der Waals surface area contributed by atoms with Crippen molar-refractivity contribution < 1.29 is 14.6 Å². The highest BCUT2D eigenvalue weighted by Crippen LogP contribution is 2.22. The summed E-state index contributed by atoms with van der Waals surface area (Å²) >= 11 is 0. The first-order chi connectivity index (χ1) is 16.4. The molecule has 0 amide bonds. The Kier molecular flexibility index (Phi) is 7.28. The lowest BCUT2D eigenvalue weighted by atomic mass is 10.0. The summed E-state index contributed by atoms with van der Waals surface area (Å²) in [5.74, 6) is -0.876. The van der Waals surface area contributed by atoms with Crippen LogP contribution in [0.3, 0.4) is 0 Å². The molecule has 1 heterocycles. The van der Waals surface area contributed by atoms with Gasteiger partial charge in [0, 0.05) is 0 Å². The second kappa shape index (κ2) is 10.5. The zero-order valence-corrected chi connectivity index (χ0v) is 19.7. The van der Waals surface area contributed by atoms with E-state index in [0.29, 0.717) is 25.2 Å². The van der Waals surface area contributed by atoms with E-state index in [1.54, 1.807) is 0 Å². The normalized spacial score (nSPS) is 12.2. The number of benzene rings is 3. The smallest absolute Gasteiger partial charge is 0.305 e.